The van der Waals surface area contributed by atoms with Crippen LogP contribution in [0, 0.1) is 6.92 Å². The van der Waals surface area contributed by atoms with Gasteiger partial charge in [0, 0.05) is 45.0 Å². The fourth-order valence-corrected chi connectivity index (χ4v) is 3.24. The van der Waals surface area contributed by atoms with E-state index in [1.807, 2.05) is 34.3 Å². The van der Waals surface area contributed by atoms with Gasteiger partial charge in [-0.05, 0) is 30.5 Å². The molecule has 0 bridgehead atoms. The molecule has 1 aromatic heterocycles. The van der Waals surface area contributed by atoms with Gasteiger partial charge in [0.25, 0.3) is 0 Å². The third-order valence-corrected chi connectivity index (χ3v) is 4.71. The Balaban J connectivity index is 1.43. The highest BCUT2D eigenvalue weighted by atomic mass is 16.2. The number of nitrogens with zero attached hydrogens (tertiary/aromatic N) is 2. The van der Waals surface area contributed by atoms with E-state index in [2.05, 4.69) is 30.1 Å². The van der Waals surface area contributed by atoms with Crippen LogP contribution >= 0.6 is 0 Å². The molecule has 1 aliphatic heterocycles. The molecule has 0 spiro atoms. The smallest absolute Gasteiger partial charge is 0.227 e. The van der Waals surface area contributed by atoms with Gasteiger partial charge in [0.05, 0.1) is 6.42 Å². The van der Waals surface area contributed by atoms with Gasteiger partial charge in [-0.15, -0.1) is 0 Å². The summed E-state index contributed by atoms with van der Waals surface area (Å²) in [6, 6.07) is 10.2. The van der Waals surface area contributed by atoms with Crippen molar-refractivity contribution < 1.29 is 9.59 Å². The van der Waals surface area contributed by atoms with Crippen LogP contribution in [-0.2, 0) is 22.4 Å². The normalized spacial score (nSPS) is 14.6. The monoisotopic (exact) mass is 339 g/mol. The van der Waals surface area contributed by atoms with Crippen molar-refractivity contribution in [1.82, 2.24) is 14.8 Å². The van der Waals surface area contributed by atoms with Crippen molar-refractivity contribution in [3.05, 3.63) is 59.4 Å². The molecule has 3 rings (SSSR count). The summed E-state index contributed by atoms with van der Waals surface area (Å²) in [6.07, 6.45) is 5.40. The van der Waals surface area contributed by atoms with E-state index in [0.717, 1.165) is 12.0 Å². The van der Waals surface area contributed by atoms with Gasteiger partial charge in [-0.2, -0.15) is 0 Å². The molecule has 2 amide bonds. The summed E-state index contributed by atoms with van der Waals surface area (Å²) in [6.45, 7) is 4.57. The quantitative estimate of drug-likeness (QED) is 0.908. The number of benzene rings is 1. The lowest BCUT2D eigenvalue weighted by molar-refractivity contribution is -0.139. The Bertz CT molecular complexity index is 716. The first-order valence-electron chi connectivity index (χ1n) is 8.84. The van der Waals surface area contributed by atoms with Crippen molar-refractivity contribution >= 4 is 11.8 Å². The van der Waals surface area contributed by atoms with Crippen LogP contribution in [0.15, 0.2) is 42.7 Å². The fourth-order valence-electron chi connectivity index (χ4n) is 3.24. The van der Waals surface area contributed by atoms with E-state index in [0.29, 0.717) is 39.0 Å². The third-order valence-electron chi connectivity index (χ3n) is 4.71. The van der Waals surface area contributed by atoms with Crippen molar-refractivity contribution in [2.75, 3.05) is 26.2 Å². The Morgan fingerprint density at radius 2 is 1.72 bits per heavy atom. The zero-order valence-electron chi connectivity index (χ0n) is 14.7. The maximum atomic E-state index is 12.4. The average molecular weight is 339 g/mol. The highest BCUT2D eigenvalue weighted by Crippen LogP contribution is 2.11. The molecule has 2 heterocycles. The Morgan fingerprint density at radius 3 is 2.36 bits per heavy atom. The van der Waals surface area contributed by atoms with Crippen molar-refractivity contribution in [3.8, 4) is 0 Å². The second-order valence-electron chi connectivity index (χ2n) is 6.65. The van der Waals surface area contributed by atoms with E-state index in [4.69, 9.17) is 0 Å². The van der Waals surface area contributed by atoms with E-state index in [1.165, 1.54) is 11.1 Å². The number of carbonyl (C=O) groups excluding carboxylic acids is 2. The molecule has 1 saturated heterocycles. The number of aromatic nitrogens is 1. The van der Waals surface area contributed by atoms with Gasteiger partial charge in [0.2, 0.25) is 11.8 Å². The number of rotatable bonds is 5. The molecule has 0 aliphatic carbocycles. The van der Waals surface area contributed by atoms with Gasteiger partial charge in [-0.25, -0.2) is 0 Å². The van der Waals surface area contributed by atoms with Crippen LogP contribution < -0.4 is 0 Å². The first-order valence-corrected chi connectivity index (χ1v) is 8.84. The summed E-state index contributed by atoms with van der Waals surface area (Å²) < 4.78 is 0. The molecule has 5 nitrogen and oxygen atoms in total. The summed E-state index contributed by atoms with van der Waals surface area (Å²) in [5, 5.41) is 0. The number of carbonyl (C=O) groups is 2. The molecule has 1 aliphatic rings. The predicted molar refractivity (Wildman–Crippen MR) is 97.2 cm³/mol. The van der Waals surface area contributed by atoms with Crippen LogP contribution in [0.1, 0.15) is 23.1 Å². The van der Waals surface area contributed by atoms with Crippen LogP contribution in [0.4, 0.5) is 0 Å². The van der Waals surface area contributed by atoms with Crippen molar-refractivity contribution in [3.63, 3.8) is 0 Å². The lowest BCUT2D eigenvalue weighted by atomic mass is 10.1. The first kappa shape index (κ1) is 17.3. The van der Waals surface area contributed by atoms with E-state index < -0.39 is 0 Å². The molecular formula is C20H25N3O2. The zero-order valence-corrected chi connectivity index (χ0v) is 14.7. The molecule has 0 radical (unpaired) electrons. The SMILES string of the molecule is Cc1cccc(CCC(=O)N2CCN(C(=O)Cc3cc[nH]c3)CC2)c1. The van der Waals surface area contributed by atoms with Gasteiger partial charge in [0.15, 0.2) is 0 Å². The first-order chi connectivity index (χ1) is 12.1. The average Bonchev–Trinajstić information content (AvgIpc) is 3.13. The van der Waals surface area contributed by atoms with Crippen molar-refractivity contribution in [2.45, 2.75) is 26.2 Å². The Hall–Kier alpha value is -2.56. The van der Waals surface area contributed by atoms with Crippen molar-refractivity contribution in [1.29, 1.82) is 0 Å². The van der Waals surface area contributed by atoms with Crippen LogP contribution in [0.5, 0.6) is 0 Å². The molecule has 5 heteroatoms. The molecule has 2 aromatic rings. The number of hydrogen-bond donors (Lipinski definition) is 1. The summed E-state index contributed by atoms with van der Waals surface area (Å²) in [7, 11) is 0. The molecule has 1 aromatic carbocycles. The Morgan fingerprint density at radius 1 is 1.00 bits per heavy atom. The van der Waals surface area contributed by atoms with Crippen molar-refractivity contribution in [2.24, 2.45) is 0 Å². The molecule has 0 unspecified atom stereocenters. The Labute approximate surface area is 148 Å². The van der Waals surface area contributed by atoms with Crippen LogP contribution in [0.3, 0.4) is 0 Å². The van der Waals surface area contributed by atoms with Crippen LogP contribution in [0.25, 0.3) is 0 Å². The highest BCUT2D eigenvalue weighted by Gasteiger charge is 2.23. The molecule has 0 saturated carbocycles. The molecule has 1 N–H and O–H groups in total. The maximum absolute atomic E-state index is 12.4. The molecular weight excluding hydrogens is 314 g/mol. The summed E-state index contributed by atoms with van der Waals surface area (Å²) in [5.41, 5.74) is 3.43. The molecule has 132 valence electrons. The van der Waals surface area contributed by atoms with Gasteiger partial charge in [-0.3, -0.25) is 9.59 Å². The number of H-pyrrole nitrogens is 1. The minimum absolute atomic E-state index is 0.131. The zero-order chi connectivity index (χ0) is 17.6. The van der Waals surface area contributed by atoms with Crippen LogP contribution in [-0.4, -0.2) is 52.8 Å². The van der Waals surface area contributed by atoms with Crippen LogP contribution in [0.2, 0.25) is 0 Å². The number of hydrogen-bond acceptors (Lipinski definition) is 2. The second kappa shape index (κ2) is 8.01. The lowest BCUT2D eigenvalue weighted by Gasteiger charge is -2.35. The minimum atomic E-state index is 0.131. The van der Waals surface area contributed by atoms with Gasteiger partial charge < -0.3 is 14.8 Å². The van der Waals surface area contributed by atoms with E-state index in [9.17, 15) is 9.59 Å². The van der Waals surface area contributed by atoms with E-state index in [-0.39, 0.29) is 11.8 Å². The van der Waals surface area contributed by atoms with E-state index >= 15 is 0 Å². The minimum Gasteiger partial charge on any atom is -0.367 e. The number of aromatic amines is 1. The third kappa shape index (κ3) is 4.72. The summed E-state index contributed by atoms with van der Waals surface area (Å²) >= 11 is 0. The lowest BCUT2D eigenvalue weighted by Crippen LogP contribution is -2.51. The van der Waals surface area contributed by atoms with Gasteiger partial charge >= 0.3 is 0 Å². The number of amides is 2. The van der Waals surface area contributed by atoms with Gasteiger partial charge in [0.1, 0.15) is 0 Å². The maximum Gasteiger partial charge on any atom is 0.227 e. The van der Waals surface area contributed by atoms with Gasteiger partial charge in [-0.1, -0.05) is 29.8 Å². The molecule has 0 atom stereocenters. The fraction of sp³-hybridized carbons (Fsp3) is 0.400. The highest BCUT2D eigenvalue weighted by molar-refractivity contribution is 5.80. The predicted octanol–water partition coefficient (Wildman–Crippen LogP) is 2.17. The molecule has 1 fully saturated rings. The van der Waals surface area contributed by atoms with E-state index in [1.54, 1.807) is 0 Å². The topological polar surface area (TPSA) is 56.4 Å². The summed E-state index contributed by atoms with van der Waals surface area (Å²) in [4.78, 5) is 31.4. The number of aryl methyl sites for hydroxylation is 2. The summed E-state index contributed by atoms with van der Waals surface area (Å²) in [5.74, 6) is 0.311. The number of piperazine rings is 1. The standard InChI is InChI=1S/C20H25N3O2/c1-16-3-2-4-17(13-16)5-6-19(24)22-9-11-23(12-10-22)20(25)14-18-7-8-21-15-18/h2-4,7-8,13,15,21H,5-6,9-12,14H2,1H3. The second-order valence-corrected chi connectivity index (χ2v) is 6.65. The number of nitrogens with one attached hydrogen (secondary N) is 1. The molecule has 25 heavy (non-hydrogen) atoms. The Kier molecular flexibility index (Phi) is 5.53. The largest absolute Gasteiger partial charge is 0.367 e.